The third-order valence-corrected chi connectivity index (χ3v) is 5.01. The molecule has 0 saturated heterocycles. The van der Waals surface area contributed by atoms with E-state index in [9.17, 15) is 9.59 Å². The maximum atomic E-state index is 12.4. The molecule has 0 aromatic heterocycles. The molecule has 0 atom stereocenters. The first-order chi connectivity index (χ1) is 16.6. The first-order valence-corrected chi connectivity index (χ1v) is 10.7. The van der Waals surface area contributed by atoms with Gasteiger partial charge in [-0.1, -0.05) is 42.5 Å². The van der Waals surface area contributed by atoms with Crippen LogP contribution in [0.3, 0.4) is 0 Å². The molecule has 34 heavy (non-hydrogen) atoms. The van der Waals surface area contributed by atoms with E-state index in [2.05, 4.69) is 5.32 Å². The van der Waals surface area contributed by atoms with Gasteiger partial charge in [0.1, 0.15) is 17.2 Å². The highest BCUT2D eigenvalue weighted by atomic mass is 16.6. The smallest absolute Gasteiger partial charge is 0.349 e. The second kappa shape index (κ2) is 10.8. The molecule has 4 rings (SSSR count). The topological polar surface area (TPSA) is 73.9 Å². The van der Waals surface area contributed by atoms with Crippen molar-refractivity contribution >= 4 is 17.6 Å². The molecule has 0 saturated carbocycles. The fourth-order valence-electron chi connectivity index (χ4n) is 3.23. The van der Waals surface area contributed by atoms with Gasteiger partial charge < -0.3 is 19.5 Å². The van der Waals surface area contributed by atoms with Gasteiger partial charge in [-0.05, 0) is 71.8 Å². The zero-order valence-corrected chi connectivity index (χ0v) is 18.6. The number of ether oxygens (including phenoxy) is 3. The third-order valence-electron chi connectivity index (χ3n) is 5.01. The number of benzene rings is 4. The molecule has 0 aliphatic rings. The Hall–Kier alpha value is -4.58. The summed E-state index contributed by atoms with van der Waals surface area (Å²) < 4.78 is 15.9. The normalized spacial score (nSPS) is 10.3. The Morgan fingerprint density at radius 2 is 1.26 bits per heavy atom. The van der Waals surface area contributed by atoms with Crippen LogP contribution in [0.1, 0.15) is 10.4 Å². The van der Waals surface area contributed by atoms with E-state index in [-0.39, 0.29) is 12.5 Å². The van der Waals surface area contributed by atoms with Crippen LogP contribution in [0.5, 0.6) is 17.2 Å². The van der Waals surface area contributed by atoms with E-state index in [0.717, 1.165) is 11.1 Å². The Balaban J connectivity index is 1.26. The standard InChI is InChI=1S/C28H23NO5/c1-32-24-17-11-23(12-18-24)29-28(31)22-9-15-26(16-10-22)34-27(30)19-33-25-13-7-21(8-14-25)20-5-3-2-4-6-20/h2-18H,19H2,1H3,(H,29,31). The van der Waals surface area contributed by atoms with Gasteiger partial charge in [0.05, 0.1) is 7.11 Å². The van der Waals surface area contributed by atoms with E-state index >= 15 is 0 Å². The number of esters is 1. The highest BCUT2D eigenvalue weighted by Gasteiger charge is 2.10. The quantitative estimate of drug-likeness (QED) is 0.278. The minimum atomic E-state index is -0.539. The van der Waals surface area contributed by atoms with E-state index in [0.29, 0.717) is 28.5 Å². The van der Waals surface area contributed by atoms with Gasteiger partial charge >= 0.3 is 5.97 Å². The van der Waals surface area contributed by atoms with Crippen LogP contribution in [0.2, 0.25) is 0 Å². The second-order valence-corrected chi connectivity index (χ2v) is 7.36. The van der Waals surface area contributed by atoms with Crippen LogP contribution in [-0.4, -0.2) is 25.6 Å². The predicted octanol–water partition coefficient (Wildman–Crippen LogP) is 5.60. The first kappa shape index (κ1) is 22.6. The number of anilines is 1. The summed E-state index contributed by atoms with van der Waals surface area (Å²) in [4.78, 5) is 24.6. The molecule has 170 valence electrons. The van der Waals surface area contributed by atoms with Gasteiger partial charge in [-0.3, -0.25) is 4.79 Å². The maximum Gasteiger partial charge on any atom is 0.349 e. The van der Waals surface area contributed by atoms with Crippen LogP contribution in [0.25, 0.3) is 11.1 Å². The van der Waals surface area contributed by atoms with Gasteiger partial charge in [0.25, 0.3) is 5.91 Å². The van der Waals surface area contributed by atoms with Gasteiger partial charge in [0, 0.05) is 11.3 Å². The van der Waals surface area contributed by atoms with Gasteiger partial charge in [0.15, 0.2) is 6.61 Å². The van der Waals surface area contributed by atoms with Crippen LogP contribution >= 0.6 is 0 Å². The Bertz CT molecular complexity index is 1230. The van der Waals surface area contributed by atoms with Crippen molar-refractivity contribution in [3.63, 3.8) is 0 Å². The highest BCUT2D eigenvalue weighted by Crippen LogP contribution is 2.22. The van der Waals surface area contributed by atoms with Crippen LogP contribution in [0.4, 0.5) is 5.69 Å². The largest absolute Gasteiger partial charge is 0.497 e. The van der Waals surface area contributed by atoms with Crippen molar-refractivity contribution in [2.45, 2.75) is 0 Å². The van der Waals surface area contributed by atoms with Crippen LogP contribution in [0, 0.1) is 0 Å². The van der Waals surface area contributed by atoms with Crippen LogP contribution < -0.4 is 19.5 Å². The molecule has 0 aliphatic carbocycles. The fraction of sp³-hybridized carbons (Fsp3) is 0.0714. The zero-order valence-electron chi connectivity index (χ0n) is 18.6. The molecular weight excluding hydrogens is 430 g/mol. The molecule has 4 aromatic rings. The van der Waals surface area contributed by atoms with Crippen molar-refractivity contribution in [1.82, 2.24) is 0 Å². The monoisotopic (exact) mass is 453 g/mol. The van der Waals surface area contributed by atoms with Crippen LogP contribution in [-0.2, 0) is 4.79 Å². The van der Waals surface area contributed by atoms with Crippen molar-refractivity contribution in [2.24, 2.45) is 0 Å². The van der Waals surface area contributed by atoms with E-state index in [4.69, 9.17) is 14.2 Å². The average molecular weight is 453 g/mol. The second-order valence-electron chi connectivity index (χ2n) is 7.36. The number of carbonyl (C=O) groups excluding carboxylic acids is 2. The SMILES string of the molecule is COc1ccc(NC(=O)c2ccc(OC(=O)COc3ccc(-c4ccccc4)cc3)cc2)cc1. The molecule has 0 spiro atoms. The molecule has 6 heteroatoms. The summed E-state index contributed by atoms with van der Waals surface area (Å²) in [6, 6.07) is 30.8. The fourth-order valence-corrected chi connectivity index (χ4v) is 3.23. The zero-order chi connectivity index (χ0) is 23.8. The lowest BCUT2D eigenvalue weighted by Gasteiger charge is -2.09. The lowest BCUT2D eigenvalue weighted by atomic mass is 10.1. The molecule has 0 unspecified atom stereocenters. The lowest BCUT2D eigenvalue weighted by Crippen LogP contribution is -2.18. The van der Waals surface area contributed by atoms with Crippen molar-refractivity contribution in [3.8, 4) is 28.4 Å². The summed E-state index contributed by atoms with van der Waals surface area (Å²) in [5.74, 6) is 0.793. The van der Waals surface area contributed by atoms with Crippen molar-refractivity contribution in [3.05, 3.63) is 109 Å². The molecule has 0 aliphatic heterocycles. The molecule has 0 bridgehead atoms. The number of carbonyl (C=O) groups is 2. The number of amides is 1. The summed E-state index contributed by atoms with van der Waals surface area (Å²) in [7, 11) is 1.58. The molecule has 6 nitrogen and oxygen atoms in total. The number of methoxy groups -OCH3 is 1. The Morgan fingerprint density at radius 3 is 1.91 bits per heavy atom. The summed E-state index contributed by atoms with van der Waals surface area (Å²) >= 11 is 0. The number of hydrogen-bond acceptors (Lipinski definition) is 5. The van der Waals surface area contributed by atoms with Gasteiger partial charge in [-0.25, -0.2) is 4.79 Å². The minimum Gasteiger partial charge on any atom is -0.497 e. The molecule has 4 aromatic carbocycles. The summed E-state index contributed by atoms with van der Waals surface area (Å²) in [5.41, 5.74) is 3.25. The first-order valence-electron chi connectivity index (χ1n) is 10.7. The van der Waals surface area contributed by atoms with Crippen molar-refractivity contribution in [1.29, 1.82) is 0 Å². The summed E-state index contributed by atoms with van der Waals surface area (Å²) in [5, 5.41) is 2.80. The summed E-state index contributed by atoms with van der Waals surface area (Å²) in [6.07, 6.45) is 0. The van der Waals surface area contributed by atoms with E-state index in [1.165, 1.54) is 0 Å². The lowest BCUT2D eigenvalue weighted by molar-refractivity contribution is -0.136. The molecule has 0 radical (unpaired) electrons. The maximum absolute atomic E-state index is 12.4. The van der Waals surface area contributed by atoms with E-state index in [1.807, 2.05) is 54.6 Å². The number of rotatable bonds is 8. The molecule has 1 N–H and O–H groups in total. The Kier molecular flexibility index (Phi) is 7.20. The Labute approximate surface area is 197 Å². The molecule has 1 amide bonds. The average Bonchev–Trinajstić information content (AvgIpc) is 2.89. The number of nitrogens with one attached hydrogen (secondary N) is 1. The minimum absolute atomic E-state index is 0.232. The van der Waals surface area contributed by atoms with Gasteiger partial charge in [-0.15, -0.1) is 0 Å². The predicted molar refractivity (Wildman–Crippen MR) is 130 cm³/mol. The van der Waals surface area contributed by atoms with E-state index < -0.39 is 5.97 Å². The van der Waals surface area contributed by atoms with Crippen molar-refractivity contribution in [2.75, 3.05) is 19.0 Å². The van der Waals surface area contributed by atoms with E-state index in [1.54, 1.807) is 55.6 Å². The van der Waals surface area contributed by atoms with Gasteiger partial charge in [-0.2, -0.15) is 0 Å². The Morgan fingerprint density at radius 1 is 0.676 bits per heavy atom. The van der Waals surface area contributed by atoms with Crippen LogP contribution in [0.15, 0.2) is 103 Å². The third kappa shape index (κ3) is 6.01. The summed E-state index contributed by atoms with van der Waals surface area (Å²) in [6.45, 7) is -0.232. The highest BCUT2D eigenvalue weighted by molar-refractivity contribution is 6.04. The van der Waals surface area contributed by atoms with Gasteiger partial charge in [0.2, 0.25) is 0 Å². The molecule has 0 heterocycles. The molecular formula is C28H23NO5. The molecule has 0 fully saturated rings. The van der Waals surface area contributed by atoms with Crippen molar-refractivity contribution < 1.29 is 23.8 Å². The number of hydrogen-bond donors (Lipinski definition) is 1.